The van der Waals surface area contributed by atoms with E-state index in [1.165, 1.54) is 0 Å². The molecule has 0 rings (SSSR count). The predicted molar refractivity (Wildman–Crippen MR) is 66.3 cm³/mol. The lowest BCUT2D eigenvalue weighted by Gasteiger charge is -2.37. The highest BCUT2D eigenvalue weighted by atomic mass is 16.5. The van der Waals surface area contributed by atoms with Crippen LogP contribution in [-0.4, -0.2) is 50.3 Å². The van der Waals surface area contributed by atoms with Gasteiger partial charge >= 0.3 is 0 Å². The van der Waals surface area contributed by atoms with E-state index >= 15 is 0 Å². The molecule has 0 aromatic rings. The summed E-state index contributed by atoms with van der Waals surface area (Å²) in [6, 6.07) is 1.68. The van der Waals surface area contributed by atoms with Crippen LogP contribution in [0.4, 0.5) is 0 Å². The Labute approximate surface area is 95.2 Å². The summed E-state index contributed by atoms with van der Waals surface area (Å²) in [6.45, 7) is 10.8. The molecule has 0 spiro atoms. The lowest BCUT2D eigenvalue weighted by Crippen LogP contribution is -2.50. The monoisotopic (exact) mass is 216 g/mol. The van der Waals surface area contributed by atoms with Crippen molar-refractivity contribution in [1.29, 1.82) is 0 Å². The number of methoxy groups -OCH3 is 1. The minimum atomic E-state index is 0.551. The van der Waals surface area contributed by atoms with Gasteiger partial charge in [-0.15, -0.1) is 0 Å². The normalized spacial score (nSPS) is 16.0. The Balaban J connectivity index is 4.31. The third kappa shape index (κ3) is 4.96. The molecule has 15 heavy (non-hydrogen) atoms. The number of hydrogen-bond donors (Lipinski definition) is 1. The Hall–Kier alpha value is -0.120. The van der Waals surface area contributed by atoms with Crippen molar-refractivity contribution in [2.45, 2.75) is 52.2 Å². The average Bonchev–Trinajstić information content (AvgIpc) is 2.19. The Bertz CT molecular complexity index is 147. The van der Waals surface area contributed by atoms with Crippen molar-refractivity contribution in [3.63, 3.8) is 0 Å². The molecule has 2 atom stereocenters. The van der Waals surface area contributed by atoms with E-state index in [0.29, 0.717) is 18.1 Å². The van der Waals surface area contributed by atoms with Gasteiger partial charge in [-0.1, -0.05) is 6.92 Å². The lowest BCUT2D eigenvalue weighted by atomic mass is 10.0. The van der Waals surface area contributed by atoms with Crippen molar-refractivity contribution in [3.8, 4) is 0 Å². The quantitative estimate of drug-likeness (QED) is 0.669. The first kappa shape index (κ1) is 14.9. The van der Waals surface area contributed by atoms with Crippen LogP contribution >= 0.6 is 0 Å². The van der Waals surface area contributed by atoms with Gasteiger partial charge in [-0.3, -0.25) is 4.90 Å². The summed E-state index contributed by atoms with van der Waals surface area (Å²) < 4.78 is 5.16. The Kier molecular flexibility index (Phi) is 8.02. The first-order chi connectivity index (χ1) is 7.08. The van der Waals surface area contributed by atoms with Crippen LogP contribution in [0.1, 0.15) is 34.1 Å². The van der Waals surface area contributed by atoms with Crippen LogP contribution in [0.15, 0.2) is 0 Å². The van der Waals surface area contributed by atoms with E-state index in [1.807, 2.05) is 7.05 Å². The summed E-state index contributed by atoms with van der Waals surface area (Å²) in [5.41, 5.74) is 0. The molecule has 0 aromatic heterocycles. The van der Waals surface area contributed by atoms with Crippen molar-refractivity contribution in [1.82, 2.24) is 10.2 Å². The largest absolute Gasteiger partial charge is 0.383 e. The summed E-state index contributed by atoms with van der Waals surface area (Å²) in [5.74, 6) is 0. The molecule has 0 aliphatic heterocycles. The van der Waals surface area contributed by atoms with E-state index < -0.39 is 0 Å². The molecule has 0 amide bonds. The van der Waals surface area contributed by atoms with E-state index in [0.717, 1.165) is 19.6 Å². The molecule has 0 radical (unpaired) electrons. The fourth-order valence-electron chi connectivity index (χ4n) is 2.15. The number of hydrogen-bond acceptors (Lipinski definition) is 3. The van der Waals surface area contributed by atoms with Crippen LogP contribution in [0.25, 0.3) is 0 Å². The van der Waals surface area contributed by atoms with Gasteiger partial charge in [0, 0.05) is 31.8 Å². The van der Waals surface area contributed by atoms with Crippen LogP contribution in [0, 0.1) is 0 Å². The van der Waals surface area contributed by atoms with E-state index in [9.17, 15) is 0 Å². The molecular weight excluding hydrogens is 188 g/mol. The maximum atomic E-state index is 5.16. The second-order valence-corrected chi connectivity index (χ2v) is 4.37. The molecule has 0 aliphatic carbocycles. The van der Waals surface area contributed by atoms with Gasteiger partial charge < -0.3 is 10.1 Å². The van der Waals surface area contributed by atoms with Gasteiger partial charge in [0.25, 0.3) is 0 Å². The number of rotatable bonds is 8. The molecule has 3 nitrogen and oxygen atoms in total. The van der Waals surface area contributed by atoms with Gasteiger partial charge in [0.15, 0.2) is 0 Å². The van der Waals surface area contributed by atoms with Gasteiger partial charge in [-0.05, 0) is 34.2 Å². The van der Waals surface area contributed by atoms with E-state index in [2.05, 4.69) is 37.9 Å². The standard InChI is InChI=1S/C12H28N2O/c1-7-12(13-5)11(4)14(10(2)3)8-9-15-6/h10-13H,7-9H2,1-6H3. The molecule has 1 N–H and O–H groups in total. The fourth-order valence-corrected chi connectivity index (χ4v) is 2.15. The summed E-state index contributed by atoms with van der Waals surface area (Å²) in [4.78, 5) is 2.49. The average molecular weight is 216 g/mol. The predicted octanol–water partition coefficient (Wildman–Crippen LogP) is 1.73. The van der Waals surface area contributed by atoms with Gasteiger partial charge in [0.1, 0.15) is 0 Å². The highest BCUT2D eigenvalue weighted by molar-refractivity contribution is 4.81. The van der Waals surface area contributed by atoms with Crippen LogP contribution in [0.3, 0.4) is 0 Å². The van der Waals surface area contributed by atoms with Crippen LogP contribution < -0.4 is 5.32 Å². The molecule has 0 fully saturated rings. The zero-order chi connectivity index (χ0) is 11.8. The maximum Gasteiger partial charge on any atom is 0.0589 e. The second kappa shape index (κ2) is 8.08. The molecule has 92 valence electrons. The molecule has 3 heteroatoms. The van der Waals surface area contributed by atoms with Crippen molar-refractivity contribution in [2.75, 3.05) is 27.3 Å². The van der Waals surface area contributed by atoms with Crippen molar-refractivity contribution in [3.05, 3.63) is 0 Å². The molecule has 0 saturated carbocycles. The van der Waals surface area contributed by atoms with E-state index in [4.69, 9.17) is 4.74 Å². The zero-order valence-corrected chi connectivity index (χ0v) is 11.2. The number of nitrogens with one attached hydrogen (secondary N) is 1. The van der Waals surface area contributed by atoms with E-state index in [-0.39, 0.29) is 0 Å². The second-order valence-electron chi connectivity index (χ2n) is 4.37. The van der Waals surface area contributed by atoms with Crippen molar-refractivity contribution < 1.29 is 4.74 Å². The maximum absolute atomic E-state index is 5.16. The summed E-state index contributed by atoms with van der Waals surface area (Å²) in [7, 11) is 3.80. The van der Waals surface area contributed by atoms with Gasteiger partial charge in [0.05, 0.1) is 6.61 Å². The zero-order valence-electron chi connectivity index (χ0n) is 11.2. The van der Waals surface area contributed by atoms with Crippen LogP contribution in [0.5, 0.6) is 0 Å². The third-order valence-corrected chi connectivity index (χ3v) is 3.13. The smallest absolute Gasteiger partial charge is 0.0589 e. The SMILES string of the molecule is CCC(NC)C(C)N(CCOC)C(C)C. The summed E-state index contributed by atoms with van der Waals surface area (Å²) in [5, 5.41) is 3.38. The minimum Gasteiger partial charge on any atom is -0.383 e. The van der Waals surface area contributed by atoms with Crippen molar-refractivity contribution in [2.24, 2.45) is 0 Å². The molecule has 0 aromatic carbocycles. The highest BCUT2D eigenvalue weighted by Crippen LogP contribution is 2.11. The van der Waals surface area contributed by atoms with Gasteiger partial charge in [-0.25, -0.2) is 0 Å². The van der Waals surface area contributed by atoms with Crippen LogP contribution in [0.2, 0.25) is 0 Å². The van der Waals surface area contributed by atoms with Gasteiger partial charge in [-0.2, -0.15) is 0 Å². The molecular formula is C12H28N2O. The lowest BCUT2D eigenvalue weighted by molar-refractivity contribution is 0.0858. The topological polar surface area (TPSA) is 24.5 Å². The molecule has 0 heterocycles. The molecule has 0 bridgehead atoms. The first-order valence-electron chi connectivity index (χ1n) is 6.00. The van der Waals surface area contributed by atoms with Crippen LogP contribution in [-0.2, 0) is 4.74 Å². The Morgan fingerprint density at radius 3 is 2.20 bits per heavy atom. The van der Waals surface area contributed by atoms with Gasteiger partial charge in [0.2, 0.25) is 0 Å². The number of ether oxygens (including phenoxy) is 1. The third-order valence-electron chi connectivity index (χ3n) is 3.13. The molecule has 0 saturated heterocycles. The Morgan fingerprint density at radius 2 is 1.87 bits per heavy atom. The first-order valence-corrected chi connectivity index (χ1v) is 6.00. The number of nitrogens with zero attached hydrogens (tertiary/aromatic N) is 1. The van der Waals surface area contributed by atoms with Crippen molar-refractivity contribution >= 4 is 0 Å². The Morgan fingerprint density at radius 1 is 1.27 bits per heavy atom. The van der Waals surface area contributed by atoms with E-state index in [1.54, 1.807) is 7.11 Å². The minimum absolute atomic E-state index is 0.551. The molecule has 2 unspecified atom stereocenters. The number of likely N-dealkylation sites (N-methyl/N-ethyl adjacent to an activating group) is 1. The highest BCUT2D eigenvalue weighted by Gasteiger charge is 2.22. The molecule has 0 aliphatic rings. The fraction of sp³-hybridized carbons (Fsp3) is 1.00. The summed E-state index contributed by atoms with van der Waals surface area (Å²) in [6.07, 6.45) is 1.16. The summed E-state index contributed by atoms with van der Waals surface area (Å²) >= 11 is 0.